The number of carbonyl (C=O) groups excluding carboxylic acids is 1. The molecule has 1 N–H and O–H groups in total. The number of sulfone groups is 1. The number of hydrogen-bond donors (Lipinski definition) is 1. The molecule has 0 bridgehead atoms. The molecule has 8 heteroatoms. The number of amides is 1. The zero-order valence-electron chi connectivity index (χ0n) is 12.5. The molecule has 1 aromatic rings. The molecule has 21 heavy (non-hydrogen) atoms. The molecule has 1 atom stereocenters. The van der Waals surface area contributed by atoms with Gasteiger partial charge in [0.25, 0.3) is 0 Å². The molecular weight excluding hydrogens is 294 g/mol. The van der Waals surface area contributed by atoms with Crippen LogP contribution in [0.2, 0.25) is 0 Å². The first kappa shape index (κ1) is 15.9. The molecule has 118 valence electrons. The fourth-order valence-corrected chi connectivity index (χ4v) is 3.76. The number of nitrogens with zero attached hydrogens (tertiary/aromatic N) is 2. The lowest BCUT2D eigenvalue weighted by atomic mass is 9.96. The van der Waals surface area contributed by atoms with Gasteiger partial charge in [0, 0.05) is 24.3 Å². The van der Waals surface area contributed by atoms with Crippen LogP contribution in [-0.4, -0.2) is 42.0 Å². The van der Waals surface area contributed by atoms with E-state index in [1.165, 1.54) is 0 Å². The van der Waals surface area contributed by atoms with Crippen molar-refractivity contribution >= 4 is 15.7 Å². The summed E-state index contributed by atoms with van der Waals surface area (Å²) in [5.74, 6) is 1.03. The first-order chi connectivity index (χ1) is 9.66. The third kappa shape index (κ3) is 4.52. The van der Waals surface area contributed by atoms with E-state index in [1.54, 1.807) is 0 Å². The molecule has 2 rings (SSSR count). The summed E-state index contributed by atoms with van der Waals surface area (Å²) in [5.41, 5.74) is -0.192. The first-order valence-electron chi connectivity index (χ1n) is 6.98. The van der Waals surface area contributed by atoms with E-state index < -0.39 is 9.84 Å². The summed E-state index contributed by atoms with van der Waals surface area (Å²) in [4.78, 5) is 16.0. The van der Waals surface area contributed by atoms with Crippen LogP contribution >= 0.6 is 0 Å². The van der Waals surface area contributed by atoms with Gasteiger partial charge in [-0.05, 0) is 6.42 Å². The third-order valence-electron chi connectivity index (χ3n) is 3.30. The molecule has 0 radical (unpaired) electrons. The van der Waals surface area contributed by atoms with E-state index in [9.17, 15) is 13.2 Å². The van der Waals surface area contributed by atoms with E-state index >= 15 is 0 Å². The second-order valence-corrected chi connectivity index (χ2v) is 8.66. The Balaban J connectivity index is 1.81. The average molecular weight is 315 g/mol. The number of aromatic nitrogens is 2. The Kier molecular flexibility index (Phi) is 4.36. The van der Waals surface area contributed by atoms with Gasteiger partial charge in [-0.25, -0.2) is 8.42 Å². The van der Waals surface area contributed by atoms with E-state index in [2.05, 4.69) is 15.5 Å². The minimum atomic E-state index is -2.98. The minimum Gasteiger partial charge on any atom is -0.352 e. The normalized spacial score (nSPS) is 21.4. The highest BCUT2D eigenvalue weighted by Gasteiger charge is 2.29. The maximum atomic E-state index is 11.8. The minimum absolute atomic E-state index is 0.0352. The largest absolute Gasteiger partial charge is 0.352 e. The van der Waals surface area contributed by atoms with Crippen molar-refractivity contribution in [3.63, 3.8) is 0 Å². The number of rotatable bonds is 4. The SMILES string of the molecule is CC(C)(C)c1noc(CCC(=O)NC2CCS(=O)(=O)C2)n1. The van der Waals surface area contributed by atoms with Crippen molar-refractivity contribution in [1.82, 2.24) is 15.5 Å². The molecule has 1 aromatic heterocycles. The highest BCUT2D eigenvalue weighted by molar-refractivity contribution is 7.91. The highest BCUT2D eigenvalue weighted by Crippen LogP contribution is 2.18. The monoisotopic (exact) mass is 315 g/mol. The molecule has 0 spiro atoms. The van der Waals surface area contributed by atoms with Gasteiger partial charge < -0.3 is 9.84 Å². The number of hydrogen-bond acceptors (Lipinski definition) is 6. The predicted molar refractivity (Wildman–Crippen MR) is 76.5 cm³/mol. The van der Waals surface area contributed by atoms with Gasteiger partial charge in [0.1, 0.15) is 0 Å². The smallest absolute Gasteiger partial charge is 0.227 e. The summed E-state index contributed by atoms with van der Waals surface area (Å²) in [7, 11) is -2.98. The van der Waals surface area contributed by atoms with Crippen molar-refractivity contribution in [2.75, 3.05) is 11.5 Å². The van der Waals surface area contributed by atoms with Crippen LogP contribution in [0.1, 0.15) is 45.3 Å². The Hall–Kier alpha value is -1.44. The van der Waals surface area contributed by atoms with Crippen molar-refractivity contribution in [2.45, 2.75) is 51.5 Å². The van der Waals surface area contributed by atoms with Gasteiger partial charge in [-0.3, -0.25) is 4.79 Å². The topological polar surface area (TPSA) is 102 Å². The quantitative estimate of drug-likeness (QED) is 0.873. The fourth-order valence-electron chi connectivity index (χ4n) is 2.09. The second-order valence-electron chi connectivity index (χ2n) is 6.43. The molecule has 1 aliphatic rings. The van der Waals surface area contributed by atoms with Crippen molar-refractivity contribution in [3.8, 4) is 0 Å². The van der Waals surface area contributed by atoms with Crippen LogP contribution in [0.3, 0.4) is 0 Å². The summed E-state index contributed by atoms with van der Waals surface area (Å²) in [6.07, 6.45) is 1.06. The van der Waals surface area contributed by atoms with Crippen LogP contribution in [-0.2, 0) is 26.5 Å². The van der Waals surface area contributed by atoms with Gasteiger partial charge >= 0.3 is 0 Å². The van der Waals surface area contributed by atoms with Gasteiger partial charge in [-0.2, -0.15) is 4.98 Å². The Labute approximate surface area is 124 Å². The summed E-state index contributed by atoms with van der Waals surface area (Å²) in [6, 6.07) is -0.268. The highest BCUT2D eigenvalue weighted by atomic mass is 32.2. The zero-order chi connectivity index (χ0) is 15.7. The van der Waals surface area contributed by atoms with Crippen molar-refractivity contribution in [3.05, 3.63) is 11.7 Å². The molecule has 1 fully saturated rings. The molecular formula is C13H21N3O4S. The van der Waals surface area contributed by atoms with Gasteiger partial charge in [0.05, 0.1) is 11.5 Å². The van der Waals surface area contributed by atoms with Gasteiger partial charge in [-0.1, -0.05) is 25.9 Å². The lowest BCUT2D eigenvalue weighted by molar-refractivity contribution is -0.121. The molecule has 1 amide bonds. The van der Waals surface area contributed by atoms with Crippen LogP contribution in [0.15, 0.2) is 4.52 Å². The first-order valence-corrected chi connectivity index (χ1v) is 8.81. The summed E-state index contributed by atoms with van der Waals surface area (Å²) in [5, 5.41) is 6.62. The molecule has 0 aromatic carbocycles. The van der Waals surface area contributed by atoms with Crippen LogP contribution in [0, 0.1) is 0 Å². The molecule has 2 heterocycles. The number of nitrogens with one attached hydrogen (secondary N) is 1. The van der Waals surface area contributed by atoms with Crippen molar-refractivity contribution in [2.24, 2.45) is 0 Å². The molecule has 0 saturated carbocycles. The van der Waals surface area contributed by atoms with Gasteiger partial charge in [0.2, 0.25) is 11.8 Å². The molecule has 0 aliphatic carbocycles. The second kappa shape index (κ2) is 5.75. The van der Waals surface area contributed by atoms with Crippen molar-refractivity contribution in [1.29, 1.82) is 0 Å². The van der Waals surface area contributed by atoms with E-state index in [1.807, 2.05) is 20.8 Å². The summed E-state index contributed by atoms with van der Waals surface area (Å²) in [6.45, 7) is 5.94. The van der Waals surface area contributed by atoms with E-state index in [0.717, 1.165) is 0 Å². The summed E-state index contributed by atoms with van der Waals surface area (Å²) >= 11 is 0. The Morgan fingerprint density at radius 2 is 2.14 bits per heavy atom. The van der Waals surface area contributed by atoms with Crippen LogP contribution < -0.4 is 5.32 Å². The molecule has 1 saturated heterocycles. The average Bonchev–Trinajstić information content (AvgIpc) is 2.93. The van der Waals surface area contributed by atoms with E-state index in [4.69, 9.17) is 4.52 Å². The van der Waals surface area contributed by atoms with Gasteiger partial charge in [-0.15, -0.1) is 0 Å². The molecule has 1 unspecified atom stereocenters. The third-order valence-corrected chi connectivity index (χ3v) is 5.07. The molecule has 7 nitrogen and oxygen atoms in total. The van der Waals surface area contributed by atoms with Crippen LogP contribution in [0.5, 0.6) is 0 Å². The Morgan fingerprint density at radius 3 is 2.67 bits per heavy atom. The Morgan fingerprint density at radius 1 is 1.43 bits per heavy atom. The van der Waals surface area contributed by atoms with Gasteiger partial charge in [0.15, 0.2) is 15.7 Å². The standard InChI is InChI=1S/C13H21N3O4S/c1-13(2,3)12-15-11(20-16-12)5-4-10(17)14-9-6-7-21(18,19)8-9/h9H,4-8H2,1-3H3,(H,14,17). The van der Waals surface area contributed by atoms with Crippen LogP contribution in [0.4, 0.5) is 0 Å². The molecule has 1 aliphatic heterocycles. The maximum absolute atomic E-state index is 11.8. The predicted octanol–water partition coefficient (Wildman–Crippen LogP) is 0.603. The Bertz CT molecular complexity index is 616. The van der Waals surface area contributed by atoms with Crippen molar-refractivity contribution < 1.29 is 17.7 Å². The number of carbonyl (C=O) groups is 1. The van der Waals surface area contributed by atoms with Crippen LogP contribution in [0.25, 0.3) is 0 Å². The lowest BCUT2D eigenvalue weighted by Crippen LogP contribution is -2.35. The zero-order valence-corrected chi connectivity index (χ0v) is 13.4. The number of aryl methyl sites for hydroxylation is 1. The fraction of sp³-hybridized carbons (Fsp3) is 0.769. The summed E-state index contributed by atoms with van der Waals surface area (Å²) < 4.78 is 27.7. The van der Waals surface area contributed by atoms with E-state index in [-0.39, 0.29) is 35.3 Å². The lowest BCUT2D eigenvalue weighted by Gasteiger charge is -2.11. The van der Waals surface area contributed by atoms with E-state index in [0.29, 0.717) is 24.6 Å². The maximum Gasteiger partial charge on any atom is 0.227 e.